The predicted molar refractivity (Wildman–Crippen MR) is 115 cm³/mol. The minimum Gasteiger partial charge on any atom is -0.365 e. The standard InChI is InChI=1S/C25H21FN2O2/c1-17-8-6-7-11-21(17)28-24(29)22(19-12-14-20(26)15-13-19)23(25(28)30)27(2)16-18-9-4-3-5-10-18/h3-15H,16H2,1-2H3. The first-order valence-corrected chi connectivity index (χ1v) is 9.67. The Morgan fingerprint density at radius 2 is 1.47 bits per heavy atom. The number of para-hydroxylation sites is 1. The Bertz CT molecular complexity index is 1140. The van der Waals surface area contributed by atoms with Crippen LogP contribution in [-0.4, -0.2) is 23.8 Å². The molecule has 5 heteroatoms. The molecule has 0 aliphatic carbocycles. The zero-order chi connectivity index (χ0) is 21.3. The smallest absolute Gasteiger partial charge is 0.282 e. The molecule has 0 unspecified atom stereocenters. The van der Waals surface area contributed by atoms with Crippen LogP contribution in [0.15, 0.2) is 84.6 Å². The van der Waals surface area contributed by atoms with Gasteiger partial charge in [-0.2, -0.15) is 0 Å². The number of aryl methyl sites for hydroxylation is 1. The number of hydrogen-bond donors (Lipinski definition) is 0. The van der Waals surface area contributed by atoms with Crippen molar-refractivity contribution in [1.29, 1.82) is 0 Å². The molecule has 0 saturated heterocycles. The lowest BCUT2D eigenvalue weighted by molar-refractivity contribution is -0.120. The van der Waals surface area contributed by atoms with E-state index in [4.69, 9.17) is 0 Å². The van der Waals surface area contributed by atoms with E-state index in [1.54, 1.807) is 24.1 Å². The van der Waals surface area contributed by atoms with Gasteiger partial charge in [0.25, 0.3) is 11.8 Å². The number of imide groups is 1. The number of anilines is 1. The fourth-order valence-electron chi connectivity index (χ4n) is 3.72. The topological polar surface area (TPSA) is 40.6 Å². The first kappa shape index (κ1) is 19.6. The fraction of sp³-hybridized carbons (Fsp3) is 0.120. The highest BCUT2D eigenvalue weighted by Gasteiger charge is 2.42. The van der Waals surface area contributed by atoms with Crippen molar-refractivity contribution in [2.45, 2.75) is 13.5 Å². The maximum Gasteiger partial charge on any atom is 0.282 e. The Kier molecular flexibility index (Phi) is 5.19. The summed E-state index contributed by atoms with van der Waals surface area (Å²) in [6, 6.07) is 22.7. The molecule has 4 rings (SSSR count). The molecule has 0 atom stereocenters. The third-order valence-electron chi connectivity index (χ3n) is 5.19. The van der Waals surface area contributed by atoms with Gasteiger partial charge in [0.1, 0.15) is 11.5 Å². The van der Waals surface area contributed by atoms with Crippen LogP contribution in [0.1, 0.15) is 16.7 Å². The van der Waals surface area contributed by atoms with E-state index >= 15 is 0 Å². The summed E-state index contributed by atoms with van der Waals surface area (Å²) >= 11 is 0. The van der Waals surface area contributed by atoms with Crippen LogP contribution in [0.3, 0.4) is 0 Å². The Labute approximate surface area is 174 Å². The summed E-state index contributed by atoms with van der Waals surface area (Å²) in [6.07, 6.45) is 0. The Hall–Kier alpha value is -3.73. The molecule has 1 heterocycles. The number of rotatable bonds is 5. The third-order valence-corrected chi connectivity index (χ3v) is 5.19. The summed E-state index contributed by atoms with van der Waals surface area (Å²) in [5.41, 5.74) is 3.49. The Morgan fingerprint density at radius 3 is 2.13 bits per heavy atom. The van der Waals surface area contributed by atoms with E-state index < -0.39 is 11.7 Å². The normalized spacial score (nSPS) is 13.9. The van der Waals surface area contributed by atoms with Gasteiger partial charge >= 0.3 is 0 Å². The maximum absolute atomic E-state index is 13.5. The molecule has 150 valence electrons. The van der Waals surface area contributed by atoms with Crippen LogP contribution < -0.4 is 4.90 Å². The molecular weight excluding hydrogens is 379 g/mol. The molecule has 0 fully saturated rings. The maximum atomic E-state index is 13.5. The second-order valence-electron chi connectivity index (χ2n) is 7.30. The van der Waals surface area contributed by atoms with E-state index in [1.807, 2.05) is 49.4 Å². The fourth-order valence-corrected chi connectivity index (χ4v) is 3.72. The van der Waals surface area contributed by atoms with Gasteiger partial charge in [-0.3, -0.25) is 9.59 Å². The van der Waals surface area contributed by atoms with Gasteiger partial charge in [0.05, 0.1) is 11.3 Å². The number of halogens is 1. The van der Waals surface area contributed by atoms with Gasteiger partial charge in [0.2, 0.25) is 0 Å². The van der Waals surface area contributed by atoms with E-state index in [0.717, 1.165) is 11.1 Å². The molecule has 1 aliphatic heterocycles. The van der Waals surface area contributed by atoms with Crippen molar-refractivity contribution in [2.75, 3.05) is 11.9 Å². The largest absolute Gasteiger partial charge is 0.365 e. The van der Waals surface area contributed by atoms with Crippen LogP contribution in [0.25, 0.3) is 5.57 Å². The minimum absolute atomic E-state index is 0.279. The summed E-state index contributed by atoms with van der Waals surface area (Å²) in [5.74, 6) is -1.19. The molecule has 30 heavy (non-hydrogen) atoms. The van der Waals surface area contributed by atoms with E-state index in [2.05, 4.69) is 0 Å². The molecule has 3 aromatic carbocycles. The van der Waals surface area contributed by atoms with Crippen LogP contribution in [0.2, 0.25) is 0 Å². The molecule has 3 aromatic rings. The van der Waals surface area contributed by atoms with Crippen LogP contribution >= 0.6 is 0 Å². The molecule has 0 N–H and O–H groups in total. The second kappa shape index (κ2) is 7.95. The van der Waals surface area contributed by atoms with Crippen LogP contribution in [0.5, 0.6) is 0 Å². The van der Waals surface area contributed by atoms with Gasteiger partial charge in [0.15, 0.2) is 0 Å². The SMILES string of the molecule is Cc1ccccc1N1C(=O)C(c2ccc(F)cc2)=C(N(C)Cc2ccccc2)C1=O. The van der Waals surface area contributed by atoms with Crippen LogP contribution in [0.4, 0.5) is 10.1 Å². The third kappa shape index (κ3) is 3.50. The number of nitrogens with zero attached hydrogens (tertiary/aromatic N) is 2. The summed E-state index contributed by atoms with van der Waals surface area (Å²) in [7, 11) is 1.79. The number of carbonyl (C=O) groups excluding carboxylic acids is 2. The zero-order valence-corrected chi connectivity index (χ0v) is 16.8. The number of amides is 2. The first-order valence-electron chi connectivity index (χ1n) is 9.67. The number of benzene rings is 3. The van der Waals surface area contributed by atoms with Crippen molar-refractivity contribution in [3.05, 3.63) is 107 Å². The van der Waals surface area contributed by atoms with Crippen molar-refractivity contribution < 1.29 is 14.0 Å². The summed E-state index contributed by atoms with van der Waals surface area (Å²) < 4.78 is 13.5. The zero-order valence-electron chi connectivity index (χ0n) is 16.8. The van der Waals surface area contributed by atoms with E-state index in [9.17, 15) is 14.0 Å². The first-order chi connectivity index (χ1) is 14.5. The molecular formula is C25H21FN2O2. The molecule has 0 bridgehead atoms. The molecule has 2 amide bonds. The molecule has 0 radical (unpaired) electrons. The summed E-state index contributed by atoms with van der Waals surface area (Å²) in [4.78, 5) is 29.9. The average Bonchev–Trinajstić information content (AvgIpc) is 3.00. The second-order valence-corrected chi connectivity index (χ2v) is 7.30. The van der Waals surface area contributed by atoms with Gasteiger partial charge < -0.3 is 4.90 Å². The highest BCUT2D eigenvalue weighted by molar-refractivity contribution is 6.45. The molecule has 4 nitrogen and oxygen atoms in total. The van der Waals surface area contributed by atoms with E-state index in [0.29, 0.717) is 23.5 Å². The minimum atomic E-state index is -0.407. The van der Waals surface area contributed by atoms with E-state index in [1.165, 1.54) is 29.2 Å². The predicted octanol–water partition coefficient (Wildman–Crippen LogP) is 4.55. The summed E-state index contributed by atoms with van der Waals surface area (Å²) in [6.45, 7) is 2.32. The van der Waals surface area contributed by atoms with Gasteiger partial charge in [-0.15, -0.1) is 0 Å². The lowest BCUT2D eigenvalue weighted by Crippen LogP contribution is -2.34. The Morgan fingerprint density at radius 1 is 0.833 bits per heavy atom. The van der Waals surface area contributed by atoms with Crippen molar-refractivity contribution in [1.82, 2.24) is 4.90 Å². The van der Waals surface area contributed by atoms with Crippen molar-refractivity contribution in [3.63, 3.8) is 0 Å². The quantitative estimate of drug-likeness (QED) is 0.590. The number of carbonyl (C=O) groups is 2. The lowest BCUT2D eigenvalue weighted by Gasteiger charge is -2.22. The lowest BCUT2D eigenvalue weighted by atomic mass is 10.0. The number of hydrogen-bond acceptors (Lipinski definition) is 3. The van der Waals surface area contributed by atoms with Crippen molar-refractivity contribution >= 4 is 23.1 Å². The van der Waals surface area contributed by atoms with Gasteiger partial charge in [0, 0.05) is 13.6 Å². The van der Waals surface area contributed by atoms with Crippen molar-refractivity contribution in [2.24, 2.45) is 0 Å². The molecule has 0 saturated carbocycles. The average molecular weight is 400 g/mol. The van der Waals surface area contributed by atoms with Gasteiger partial charge in [-0.05, 0) is 41.8 Å². The van der Waals surface area contributed by atoms with E-state index in [-0.39, 0.29) is 11.5 Å². The molecule has 0 aromatic heterocycles. The van der Waals surface area contributed by atoms with Crippen LogP contribution in [0, 0.1) is 12.7 Å². The highest BCUT2D eigenvalue weighted by Crippen LogP contribution is 2.36. The molecule has 1 aliphatic rings. The Balaban J connectivity index is 1.82. The monoisotopic (exact) mass is 400 g/mol. The summed E-state index contributed by atoms with van der Waals surface area (Å²) in [5, 5.41) is 0. The van der Waals surface area contributed by atoms with Gasteiger partial charge in [-0.1, -0.05) is 60.7 Å². The highest BCUT2D eigenvalue weighted by atomic mass is 19.1. The van der Waals surface area contributed by atoms with Gasteiger partial charge in [-0.25, -0.2) is 9.29 Å². The number of likely N-dealkylation sites (N-methyl/N-ethyl adjacent to an activating group) is 1. The van der Waals surface area contributed by atoms with Crippen LogP contribution in [-0.2, 0) is 16.1 Å². The molecule has 0 spiro atoms. The van der Waals surface area contributed by atoms with Crippen molar-refractivity contribution in [3.8, 4) is 0 Å².